The van der Waals surface area contributed by atoms with Gasteiger partial charge in [0.15, 0.2) is 11.5 Å². The van der Waals surface area contributed by atoms with Crippen LogP contribution in [0.25, 0.3) is 0 Å². The van der Waals surface area contributed by atoms with Gasteiger partial charge in [0.1, 0.15) is 11.9 Å². The second kappa shape index (κ2) is 14.5. The SMILES string of the molecule is CCCOc1ccc([C@@H](C(=O)NC2CCC(C)CC2)N(CCc2ccccc2Cl)C(=O)CCl)cc1OC. The Morgan fingerprint density at radius 3 is 2.49 bits per heavy atom. The van der Waals surface area contributed by atoms with E-state index in [0.29, 0.717) is 41.0 Å². The van der Waals surface area contributed by atoms with E-state index in [2.05, 4.69) is 12.2 Å². The average Bonchev–Trinajstić information content (AvgIpc) is 2.91. The number of nitrogens with one attached hydrogen (secondary N) is 1. The Morgan fingerprint density at radius 1 is 1.11 bits per heavy atom. The van der Waals surface area contributed by atoms with E-state index in [1.54, 1.807) is 24.1 Å². The number of hydrogen-bond donors (Lipinski definition) is 1. The van der Waals surface area contributed by atoms with Gasteiger partial charge in [-0.1, -0.05) is 49.7 Å². The van der Waals surface area contributed by atoms with Gasteiger partial charge in [0.25, 0.3) is 0 Å². The van der Waals surface area contributed by atoms with Crippen molar-refractivity contribution >= 4 is 35.0 Å². The van der Waals surface area contributed by atoms with Crippen LogP contribution in [0, 0.1) is 5.92 Å². The average molecular weight is 550 g/mol. The second-order valence-electron chi connectivity index (χ2n) is 9.69. The zero-order chi connectivity index (χ0) is 26.8. The fourth-order valence-corrected chi connectivity index (χ4v) is 5.14. The fraction of sp³-hybridized carbons (Fsp3) is 0.517. The van der Waals surface area contributed by atoms with Gasteiger partial charge in [0.2, 0.25) is 11.8 Å². The molecule has 0 radical (unpaired) electrons. The molecule has 2 aromatic carbocycles. The van der Waals surface area contributed by atoms with E-state index < -0.39 is 6.04 Å². The third-order valence-electron chi connectivity index (χ3n) is 6.90. The zero-order valence-corrected chi connectivity index (χ0v) is 23.5. The van der Waals surface area contributed by atoms with Crippen molar-refractivity contribution in [2.45, 2.75) is 64.5 Å². The smallest absolute Gasteiger partial charge is 0.247 e. The van der Waals surface area contributed by atoms with Gasteiger partial charge in [-0.3, -0.25) is 9.59 Å². The number of benzene rings is 2. The number of rotatable bonds is 12. The van der Waals surface area contributed by atoms with Crippen molar-refractivity contribution in [2.24, 2.45) is 5.92 Å². The Balaban J connectivity index is 1.95. The van der Waals surface area contributed by atoms with E-state index in [4.69, 9.17) is 32.7 Å². The standard InChI is InChI=1S/C29H38Cl2N2O4/c1-4-17-37-25-14-11-22(18-26(25)36-3)28(29(35)32-23-12-9-20(2)10-13-23)33(27(34)19-30)16-15-21-7-5-6-8-24(21)31/h5-8,11,14,18,20,23,28H,4,9-10,12-13,15-17,19H2,1-3H3,(H,32,35)/t20?,23?,28-/m0/s1. The van der Waals surface area contributed by atoms with Gasteiger partial charge in [-0.05, 0) is 73.8 Å². The first-order valence-electron chi connectivity index (χ1n) is 13.1. The molecule has 0 unspecified atom stereocenters. The number of methoxy groups -OCH3 is 1. The lowest BCUT2D eigenvalue weighted by Gasteiger charge is -2.34. The van der Waals surface area contributed by atoms with Crippen molar-refractivity contribution in [3.63, 3.8) is 0 Å². The summed E-state index contributed by atoms with van der Waals surface area (Å²) in [6, 6.07) is 12.1. The van der Waals surface area contributed by atoms with Crippen LogP contribution in [-0.2, 0) is 16.0 Å². The zero-order valence-electron chi connectivity index (χ0n) is 22.0. The maximum Gasteiger partial charge on any atom is 0.247 e. The number of amides is 2. The lowest BCUT2D eigenvalue weighted by atomic mass is 9.87. The Morgan fingerprint density at radius 2 is 1.84 bits per heavy atom. The maximum absolute atomic E-state index is 13.8. The highest BCUT2D eigenvalue weighted by molar-refractivity contribution is 6.31. The van der Waals surface area contributed by atoms with Crippen LogP contribution in [0.2, 0.25) is 5.02 Å². The van der Waals surface area contributed by atoms with Gasteiger partial charge in [0, 0.05) is 17.6 Å². The van der Waals surface area contributed by atoms with Crippen LogP contribution in [0.1, 0.15) is 63.1 Å². The third-order valence-corrected chi connectivity index (χ3v) is 7.50. The minimum Gasteiger partial charge on any atom is -0.493 e. The van der Waals surface area contributed by atoms with Crippen LogP contribution in [0.15, 0.2) is 42.5 Å². The molecule has 6 nitrogen and oxygen atoms in total. The largest absolute Gasteiger partial charge is 0.493 e. The van der Waals surface area contributed by atoms with E-state index in [9.17, 15) is 9.59 Å². The molecule has 0 bridgehead atoms. The normalized spacial score (nSPS) is 18.1. The van der Waals surface area contributed by atoms with Crippen LogP contribution in [0.5, 0.6) is 11.5 Å². The van der Waals surface area contributed by atoms with Gasteiger partial charge >= 0.3 is 0 Å². The van der Waals surface area contributed by atoms with Crippen molar-refractivity contribution in [1.29, 1.82) is 0 Å². The lowest BCUT2D eigenvalue weighted by molar-refractivity contribution is -0.139. The van der Waals surface area contributed by atoms with Gasteiger partial charge in [-0.15, -0.1) is 11.6 Å². The predicted molar refractivity (Wildman–Crippen MR) is 149 cm³/mol. The molecule has 37 heavy (non-hydrogen) atoms. The van der Waals surface area contributed by atoms with E-state index >= 15 is 0 Å². The van der Waals surface area contributed by atoms with Crippen molar-refractivity contribution in [2.75, 3.05) is 26.1 Å². The number of carbonyl (C=O) groups excluding carboxylic acids is 2. The maximum atomic E-state index is 13.8. The van der Waals surface area contributed by atoms with Gasteiger partial charge < -0.3 is 19.7 Å². The molecule has 202 valence electrons. The molecule has 2 aromatic rings. The molecule has 1 fully saturated rings. The molecule has 1 aliphatic rings. The molecule has 0 aromatic heterocycles. The molecule has 8 heteroatoms. The minimum absolute atomic E-state index is 0.0803. The molecule has 1 N–H and O–H groups in total. The molecule has 0 saturated heterocycles. The summed E-state index contributed by atoms with van der Waals surface area (Å²) in [4.78, 5) is 28.6. The number of halogens is 2. The Bertz CT molecular complexity index is 1040. The first kappa shape index (κ1) is 29.1. The van der Waals surface area contributed by atoms with Crippen molar-refractivity contribution in [1.82, 2.24) is 10.2 Å². The topological polar surface area (TPSA) is 67.9 Å². The molecule has 2 amide bonds. The Hall–Kier alpha value is -2.44. The van der Waals surface area contributed by atoms with Crippen LogP contribution >= 0.6 is 23.2 Å². The van der Waals surface area contributed by atoms with Crippen LogP contribution in [0.3, 0.4) is 0 Å². The molecule has 3 rings (SSSR count). The summed E-state index contributed by atoms with van der Waals surface area (Å²) in [5, 5.41) is 3.84. The summed E-state index contributed by atoms with van der Waals surface area (Å²) in [7, 11) is 1.56. The van der Waals surface area contributed by atoms with Crippen LogP contribution < -0.4 is 14.8 Å². The number of alkyl halides is 1. The quantitative estimate of drug-likeness (QED) is 0.321. The van der Waals surface area contributed by atoms with Crippen molar-refractivity contribution in [3.8, 4) is 11.5 Å². The number of nitrogens with zero attached hydrogens (tertiary/aromatic N) is 1. The first-order valence-corrected chi connectivity index (χ1v) is 14.0. The van der Waals surface area contributed by atoms with Crippen LogP contribution in [-0.4, -0.2) is 48.9 Å². The third kappa shape index (κ3) is 8.02. The van der Waals surface area contributed by atoms with Crippen molar-refractivity contribution in [3.05, 3.63) is 58.6 Å². The summed E-state index contributed by atoms with van der Waals surface area (Å²) in [6.45, 7) is 5.10. The summed E-state index contributed by atoms with van der Waals surface area (Å²) < 4.78 is 11.4. The van der Waals surface area contributed by atoms with E-state index in [1.807, 2.05) is 37.3 Å². The number of hydrogen-bond acceptors (Lipinski definition) is 4. The molecule has 1 aliphatic carbocycles. The van der Waals surface area contributed by atoms with Crippen LogP contribution in [0.4, 0.5) is 0 Å². The summed E-state index contributed by atoms with van der Waals surface area (Å²) in [5.41, 5.74) is 1.54. The highest BCUT2D eigenvalue weighted by atomic mass is 35.5. The monoisotopic (exact) mass is 548 g/mol. The predicted octanol–water partition coefficient (Wildman–Crippen LogP) is 6.18. The molecule has 0 aliphatic heterocycles. The number of ether oxygens (including phenoxy) is 2. The van der Waals surface area contributed by atoms with Gasteiger partial charge in [-0.25, -0.2) is 0 Å². The summed E-state index contributed by atoms with van der Waals surface area (Å²) in [6.07, 6.45) is 5.34. The number of carbonyl (C=O) groups is 2. The highest BCUT2D eigenvalue weighted by Gasteiger charge is 2.33. The van der Waals surface area contributed by atoms with E-state index in [0.717, 1.165) is 37.7 Å². The first-order chi connectivity index (χ1) is 17.9. The van der Waals surface area contributed by atoms with E-state index in [-0.39, 0.29) is 30.3 Å². The molecule has 0 heterocycles. The molecule has 1 atom stereocenters. The second-order valence-corrected chi connectivity index (χ2v) is 10.4. The summed E-state index contributed by atoms with van der Waals surface area (Å²) in [5.74, 6) is 0.994. The van der Waals surface area contributed by atoms with Crippen molar-refractivity contribution < 1.29 is 19.1 Å². The van der Waals surface area contributed by atoms with Gasteiger partial charge in [-0.2, -0.15) is 0 Å². The molecule has 1 saturated carbocycles. The fourth-order valence-electron chi connectivity index (χ4n) is 4.76. The summed E-state index contributed by atoms with van der Waals surface area (Å²) >= 11 is 12.4. The molecular formula is C29H38Cl2N2O4. The van der Waals surface area contributed by atoms with Gasteiger partial charge in [0.05, 0.1) is 13.7 Å². The van der Waals surface area contributed by atoms with E-state index in [1.165, 1.54) is 0 Å². The minimum atomic E-state index is -0.873. The lowest BCUT2D eigenvalue weighted by Crippen LogP contribution is -2.48. The Kier molecular flexibility index (Phi) is 11.4. The highest BCUT2D eigenvalue weighted by Crippen LogP contribution is 2.34. The Labute approximate surface area is 230 Å². The molecule has 0 spiro atoms. The molecular weight excluding hydrogens is 511 g/mol.